The average molecular weight is 323 g/mol. The fourth-order valence-corrected chi connectivity index (χ4v) is 3.07. The number of benzene rings is 1. The van der Waals surface area contributed by atoms with E-state index in [1.54, 1.807) is 16.2 Å². The molecule has 3 nitrogen and oxygen atoms in total. The normalized spacial score (nSPS) is 12.0. The van der Waals surface area contributed by atoms with E-state index in [2.05, 4.69) is 18.3 Å². The zero-order valence-corrected chi connectivity index (χ0v) is 14.0. The molecule has 0 fully saturated rings. The molecule has 0 bridgehead atoms. The van der Waals surface area contributed by atoms with Crippen molar-refractivity contribution in [2.24, 2.45) is 0 Å². The van der Waals surface area contributed by atoms with Crippen molar-refractivity contribution in [1.29, 1.82) is 0 Å². The maximum absolute atomic E-state index is 12.2. The van der Waals surface area contributed by atoms with Crippen molar-refractivity contribution in [3.63, 3.8) is 0 Å². The molecule has 2 aromatic rings. The van der Waals surface area contributed by atoms with Gasteiger partial charge in [0.15, 0.2) is 0 Å². The second-order valence-corrected chi connectivity index (χ2v) is 6.54. The van der Waals surface area contributed by atoms with Gasteiger partial charge in [-0.2, -0.15) is 0 Å². The molecule has 1 heterocycles. The van der Waals surface area contributed by atoms with E-state index in [0.717, 1.165) is 5.56 Å². The molecule has 112 valence electrons. The van der Waals surface area contributed by atoms with Gasteiger partial charge >= 0.3 is 6.03 Å². The molecule has 0 aliphatic carbocycles. The van der Waals surface area contributed by atoms with Gasteiger partial charge in [-0.15, -0.1) is 11.3 Å². The third-order valence-electron chi connectivity index (χ3n) is 3.41. The molecule has 0 saturated heterocycles. The topological polar surface area (TPSA) is 32.3 Å². The molecule has 2 amide bonds. The van der Waals surface area contributed by atoms with Crippen molar-refractivity contribution in [2.75, 3.05) is 7.05 Å². The van der Waals surface area contributed by atoms with E-state index in [1.165, 1.54) is 10.4 Å². The summed E-state index contributed by atoms with van der Waals surface area (Å²) in [5, 5.41) is 5.74. The number of thiophene rings is 1. The van der Waals surface area contributed by atoms with E-state index in [0.29, 0.717) is 11.6 Å². The fourth-order valence-electron chi connectivity index (χ4n) is 1.98. The maximum atomic E-state index is 12.2. The van der Waals surface area contributed by atoms with Crippen molar-refractivity contribution in [3.8, 4) is 0 Å². The van der Waals surface area contributed by atoms with Gasteiger partial charge in [0, 0.05) is 16.9 Å². The van der Waals surface area contributed by atoms with E-state index in [4.69, 9.17) is 11.6 Å². The number of nitrogens with one attached hydrogen (secondary N) is 1. The Balaban J connectivity index is 1.94. The van der Waals surface area contributed by atoms with Crippen LogP contribution in [-0.4, -0.2) is 18.0 Å². The van der Waals surface area contributed by atoms with Crippen LogP contribution in [0.5, 0.6) is 0 Å². The predicted octanol–water partition coefficient (Wildman–Crippen LogP) is 4.61. The fraction of sp³-hybridized carbons (Fsp3) is 0.312. The monoisotopic (exact) mass is 322 g/mol. The standard InChI is InChI=1S/C16H19ClN2OS/c1-11-8-9-21-15(11)10-19(3)16(20)18-12(2)13-4-6-14(17)7-5-13/h4-9,12H,10H2,1-3H3,(H,18,20). The summed E-state index contributed by atoms with van der Waals surface area (Å²) in [6.07, 6.45) is 0. The number of amides is 2. The number of urea groups is 1. The van der Waals surface area contributed by atoms with Gasteiger partial charge in [-0.1, -0.05) is 23.7 Å². The lowest BCUT2D eigenvalue weighted by Crippen LogP contribution is -2.38. The minimum Gasteiger partial charge on any atom is -0.331 e. The lowest BCUT2D eigenvalue weighted by atomic mass is 10.1. The Bertz CT molecular complexity index is 609. The van der Waals surface area contributed by atoms with Crippen molar-refractivity contribution in [2.45, 2.75) is 26.4 Å². The van der Waals surface area contributed by atoms with Gasteiger partial charge in [-0.05, 0) is 48.6 Å². The van der Waals surface area contributed by atoms with E-state index in [9.17, 15) is 4.79 Å². The summed E-state index contributed by atoms with van der Waals surface area (Å²) in [5.74, 6) is 0. The Morgan fingerprint density at radius 1 is 1.33 bits per heavy atom. The third kappa shape index (κ3) is 4.22. The number of hydrogen-bond acceptors (Lipinski definition) is 2. The van der Waals surface area contributed by atoms with E-state index < -0.39 is 0 Å². The van der Waals surface area contributed by atoms with E-state index in [1.807, 2.05) is 43.6 Å². The minimum absolute atomic E-state index is 0.0540. The molecule has 0 radical (unpaired) electrons. The molecule has 5 heteroatoms. The predicted molar refractivity (Wildman–Crippen MR) is 88.9 cm³/mol. The summed E-state index contributed by atoms with van der Waals surface area (Å²) in [4.78, 5) is 15.1. The zero-order valence-electron chi connectivity index (χ0n) is 12.4. The highest BCUT2D eigenvalue weighted by Crippen LogP contribution is 2.19. The number of carbonyl (C=O) groups excluding carboxylic acids is 1. The quantitative estimate of drug-likeness (QED) is 0.875. The Kier molecular flexibility index (Phi) is 5.26. The average Bonchev–Trinajstić information content (AvgIpc) is 2.84. The number of hydrogen-bond donors (Lipinski definition) is 1. The number of nitrogens with zero attached hydrogens (tertiary/aromatic N) is 1. The Labute approximate surface area is 134 Å². The van der Waals surface area contributed by atoms with Crippen LogP contribution in [0.1, 0.15) is 29.0 Å². The van der Waals surface area contributed by atoms with Crippen LogP contribution < -0.4 is 5.32 Å². The van der Waals surface area contributed by atoms with Crippen LogP contribution in [-0.2, 0) is 6.54 Å². The van der Waals surface area contributed by atoms with E-state index >= 15 is 0 Å². The zero-order chi connectivity index (χ0) is 15.4. The summed E-state index contributed by atoms with van der Waals surface area (Å²) in [6, 6.07) is 9.46. The summed E-state index contributed by atoms with van der Waals surface area (Å²) >= 11 is 7.55. The molecule has 0 saturated carbocycles. The number of halogens is 1. The highest BCUT2D eigenvalue weighted by atomic mass is 35.5. The lowest BCUT2D eigenvalue weighted by Gasteiger charge is -2.21. The first-order chi connectivity index (χ1) is 9.97. The third-order valence-corrected chi connectivity index (χ3v) is 4.67. The molecule has 21 heavy (non-hydrogen) atoms. The van der Waals surface area contributed by atoms with Gasteiger partial charge in [0.2, 0.25) is 0 Å². The van der Waals surface area contributed by atoms with Gasteiger partial charge in [0.25, 0.3) is 0 Å². The second kappa shape index (κ2) is 6.96. The summed E-state index contributed by atoms with van der Waals surface area (Å²) < 4.78 is 0. The maximum Gasteiger partial charge on any atom is 0.317 e. The van der Waals surface area contributed by atoms with Crippen LogP contribution in [0, 0.1) is 6.92 Å². The van der Waals surface area contributed by atoms with Crippen molar-refractivity contribution in [1.82, 2.24) is 10.2 Å². The first kappa shape index (κ1) is 15.9. The van der Waals surface area contributed by atoms with Gasteiger partial charge in [0.05, 0.1) is 12.6 Å². The molecule has 1 unspecified atom stereocenters. The van der Waals surface area contributed by atoms with Crippen LogP contribution in [0.3, 0.4) is 0 Å². The van der Waals surface area contributed by atoms with Gasteiger partial charge in [-0.25, -0.2) is 4.79 Å². The molecule has 0 aliphatic rings. The highest BCUT2D eigenvalue weighted by molar-refractivity contribution is 7.10. The van der Waals surface area contributed by atoms with Crippen molar-refractivity contribution < 1.29 is 4.79 Å². The lowest BCUT2D eigenvalue weighted by molar-refractivity contribution is 0.204. The largest absolute Gasteiger partial charge is 0.331 e. The van der Waals surface area contributed by atoms with Crippen LogP contribution in [0.25, 0.3) is 0 Å². The SMILES string of the molecule is Cc1ccsc1CN(C)C(=O)NC(C)c1ccc(Cl)cc1. The minimum atomic E-state index is -0.0785. The molecule has 0 spiro atoms. The van der Waals surface area contributed by atoms with Crippen LogP contribution in [0.15, 0.2) is 35.7 Å². The number of aryl methyl sites for hydroxylation is 1. The Hall–Kier alpha value is -1.52. The molecular weight excluding hydrogens is 304 g/mol. The summed E-state index contributed by atoms with van der Waals surface area (Å²) in [6.45, 7) is 4.65. The molecule has 1 N–H and O–H groups in total. The Morgan fingerprint density at radius 3 is 2.57 bits per heavy atom. The van der Waals surface area contributed by atoms with Crippen molar-refractivity contribution >= 4 is 29.0 Å². The first-order valence-electron chi connectivity index (χ1n) is 6.77. The first-order valence-corrected chi connectivity index (χ1v) is 8.03. The van der Waals surface area contributed by atoms with Gasteiger partial charge in [-0.3, -0.25) is 0 Å². The van der Waals surface area contributed by atoms with Crippen LogP contribution in [0.2, 0.25) is 5.02 Å². The highest BCUT2D eigenvalue weighted by Gasteiger charge is 2.14. The molecule has 1 atom stereocenters. The number of rotatable bonds is 4. The molecule has 2 rings (SSSR count). The molecule has 1 aromatic carbocycles. The van der Waals surface area contributed by atoms with Crippen molar-refractivity contribution in [3.05, 3.63) is 56.7 Å². The van der Waals surface area contributed by atoms with Gasteiger partial charge < -0.3 is 10.2 Å². The summed E-state index contributed by atoms with van der Waals surface area (Å²) in [7, 11) is 1.81. The van der Waals surface area contributed by atoms with Crippen LogP contribution in [0.4, 0.5) is 4.79 Å². The molecular formula is C16H19ClN2OS. The molecule has 1 aromatic heterocycles. The Morgan fingerprint density at radius 2 is 2.00 bits per heavy atom. The van der Waals surface area contributed by atoms with Crippen LogP contribution >= 0.6 is 22.9 Å². The van der Waals surface area contributed by atoms with E-state index in [-0.39, 0.29) is 12.1 Å². The smallest absolute Gasteiger partial charge is 0.317 e. The second-order valence-electron chi connectivity index (χ2n) is 5.11. The summed E-state index contributed by atoms with van der Waals surface area (Å²) in [5.41, 5.74) is 2.26. The number of carbonyl (C=O) groups is 1. The molecule has 0 aliphatic heterocycles. The van der Waals surface area contributed by atoms with Gasteiger partial charge in [0.1, 0.15) is 0 Å².